The van der Waals surface area contributed by atoms with Gasteiger partial charge in [-0.1, -0.05) is 6.58 Å². The predicted octanol–water partition coefficient (Wildman–Crippen LogP) is 4.57. The number of allylic oxidation sites excluding steroid dienone is 1. The van der Waals surface area contributed by atoms with Gasteiger partial charge < -0.3 is 10.5 Å². The van der Waals surface area contributed by atoms with E-state index < -0.39 is 0 Å². The molecule has 0 spiro atoms. The monoisotopic (exact) mass is 401 g/mol. The molecule has 0 aliphatic rings. The number of benzene rings is 2. The van der Waals surface area contributed by atoms with Gasteiger partial charge in [-0.05, 0) is 77.3 Å². The summed E-state index contributed by atoms with van der Waals surface area (Å²) in [5, 5.41) is 0. The zero-order valence-electron chi connectivity index (χ0n) is 13.8. The van der Waals surface area contributed by atoms with Crippen LogP contribution in [0, 0.1) is 0 Å². The van der Waals surface area contributed by atoms with Crippen molar-refractivity contribution in [3.05, 3.63) is 70.7 Å². The summed E-state index contributed by atoms with van der Waals surface area (Å²) in [6, 6.07) is 12.1. The molecule has 0 heterocycles. The Hall–Kier alpha value is -2.40. The van der Waals surface area contributed by atoms with E-state index in [0.717, 1.165) is 12.8 Å². The Morgan fingerprint density at radius 1 is 1.08 bits per heavy atom. The van der Waals surface area contributed by atoms with E-state index in [0.29, 0.717) is 40.1 Å². The summed E-state index contributed by atoms with van der Waals surface area (Å²) >= 11 is 3.33. The van der Waals surface area contributed by atoms with Crippen molar-refractivity contribution in [2.45, 2.75) is 19.3 Å². The lowest BCUT2D eigenvalue weighted by Gasteiger charge is -2.07. The molecule has 2 rings (SSSR count). The Morgan fingerprint density at radius 3 is 2.40 bits per heavy atom. The van der Waals surface area contributed by atoms with Gasteiger partial charge in [0.05, 0.1) is 6.61 Å². The standard InChI is InChI=1S/C20H20BrNO3/c1-2-16(23)5-3-4-12-25-17-9-6-14(7-10-17)20(24)15-8-11-19(22)18(21)13-15/h2,6-11,13H,1,3-5,12,22H2. The number of nitrogens with two attached hydrogens (primary N) is 1. The number of carbonyl (C=O) groups is 2. The van der Waals surface area contributed by atoms with Crippen molar-refractivity contribution in [3.63, 3.8) is 0 Å². The van der Waals surface area contributed by atoms with Crippen molar-refractivity contribution in [2.24, 2.45) is 0 Å². The summed E-state index contributed by atoms with van der Waals surface area (Å²) in [5.74, 6) is 0.678. The topological polar surface area (TPSA) is 69.4 Å². The highest BCUT2D eigenvalue weighted by atomic mass is 79.9. The first-order valence-corrected chi connectivity index (χ1v) is 8.78. The van der Waals surface area contributed by atoms with E-state index in [2.05, 4.69) is 22.5 Å². The van der Waals surface area contributed by atoms with Gasteiger partial charge in [0, 0.05) is 27.7 Å². The number of halogens is 1. The van der Waals surface area contributed by atoms with Crippen LogP contribution in [0.4, 0.5) is 5.69 Å². The van der Waals surface area contributed by atoms with Crippen molar-refractivity contribution < 1.29 is 14.3 Å². The molecule has 0 unspecified atom stereocenters. The van der Waals surface area contributed by atoms with Crippen LogP contribution < -0.4 is 10.5 Å². The second-order valence-corrected chi connectivity index (χ2v) is 6.42. The lowest BCUT2D eigenvalue weighted by atomic mass is 10.0. The van der Waals surface area contributed by atoms with E-state index in [1.54, 1.807) is 42.5 Å². The molecule has 0 radical (unpaired) electrons. The van der Waals surface area contributed by atoms with Crippen molar-refractivity contribution in [2.75, 3.05) is 12.3 Å². The number of carbonyl (C=O) groups excluding carboxylic acids is 2. The molecule has 0 atom stereocenters. The van der Waals surface area contributed by atoms with E-state index in [4.69, 9.17) is 10.5 Å². The first kappa shape index (κ1) is 18.9. The number of anilines is 1. The molecule has 2 N–H and O–H groups in total. The van der Waals surface area contributed by atoms with Gasteiger partial charge in [-0.3, -0.25) is 9.59 Å². The molecule has 0 saturated carbocycles. The molecule has 4 nitrogen and oxygen atoms in total. The first-order valence-electron chi connectivity index (χ1n) is 7.99. The fourth-order valence-corrected chi connectivity index (χ4v) is 2.61. The molecule has 130 valence electrons. The Bertz CT molecular complexity index is 769. The van der Waals surface area contributed by atoms with Crippen LogP contribution in [-0.4, -0.2) is 18.2 Å². The van der Waals surface area contributed by atoms with E-state index in [1.807, 2.05) is 0 Å². The number of hydrogen-bond acceptors (Lipinski definition) is 4. The largest absolute Gasteiger partial charge is 0.494 e. The average molecular weight is 402 g/mol. The van der Waals surface area contributed by atoms with Crippen LogP contribution >= 0.6 is 15.9 Å². The Labute approximate surface area is 155 Å². The maximum absolute atomic E-state index is 12.5. The van der Waals surface area contributed by atoms with Crippen molar-refractivity contribution in [1.82, 2.24) is 0 Å². The van der Waals surface area contributed by atoms with Crippen LogP contribution in [0.1, 0.15) is 35.2 Å². The molecular formula is C20H20BrNO3. The molecular weight excluding hydrogens is 382 g/mol. The van der Waals surface area contributed by atoms with Crippen LogP contribution in [0.3, 0.4) is 0 Å². The summed E-state index contributed by atoms with van der Waals surface area (Å²) in [7, 11) is 0. The third-order valence-electron chi connectivity index (χ3n) is 3.69. The van der Waals surface area contributed by atoms with Gasteiger partial charge >= 0.3 is 0 Å². The molecule has 5 heteroatoms. The summed E-state index contributed by atoms with van der Waals surface area (Å²) in [6.45, 7) is 3.97. The fraction of sp³-hybridized carbons (Fsp3) is 0.200. The zero-order valence-corrected chi connectivity index (χ0v) is 15.4. The minimum absolute atomic E-state index is 0.0529. The molecule has 0 fully saturated rings. The molecule has 2 aromatic carbocycles. The van der Waals surface area contributed by atoms with Crippen LogP contribution in [-0.2, 0) is 4.79 Å². The molecule has 25 heavy (non-hydrogen) atoms. The van der Waals surface area contributed by atoms with Crippen LogP contribution in [0.5, 0.6) is 5.75 Å². The number of nitrogen functional groups attached to an aromatic ring is 1. The Morgan fingerprint density at radius 2 is 1.76 bits per heavy atom. The zero-order chi connectivity index (χ0) is 18.2. The number of ketones is 2. The van der Waals surface area contributed by atoms with Gasteiger partial charge in [0.25, 0.3) is 0 Å². The van der Waals surface area contributed by atoms with E-state index in [9.17, 15) is 9.59 Å². The molecule has 0 bridgehead atoms. The molecule has 0 aliphatic carbocycles. The molecule has 0 saturated heterocycles. The first-order chi connectivity index (χ1) is 12.0. The normalized spacial score (nSPS) is 10.3. The average Bonchev–Trinajstić information content (AvgIpc) is 2.63. The Balaban J connectivity index is 1.88. The lowest BCUT2D eigenvalue weighted by molar-refractivity contribution is -0.114. The van der Waals surface area contributed by atoms with E-state index >= 15 is 0 Å². The van der Waals surface area contributed by atoms with E-state index in [-0.39, 0.29) is 11.6 Å². The number of ether oxygens (including phenoxy) is 1. The molecule has 0 amide bonds. The van der Waals surface area contributed by atoms with Crippen molar-refractivity contribution in [1.29, 1.82) is 0 Å². The maximum Gasteiger partial charge on any atom is 0.193 e. The van der Waals surface area contributed by atoms with Crippen molar-refractivity contribution >= 4 is 33.2 Å². The second kappa shape index (κ2) is 9.18. The predicted molar refractivity (Wildman–Crippen MR) is 103 cm³/mol. The molecule has 0 aliphatic heterocycles. The minimum Gasteiger partial charge on any atom is -0.494 e. The number of hydrogen-bond donors (Lipinski definition) is 1. The third kappa shape index (κ3) is 5.57. The summed E-state index contributed by atoms with van der Waals surface area (Å²) < 4.78 is 6.33. The highest BCUT2D eigenvalue weighted by Crippen LogP contribution is 2.23. The number of unbranched alkanes of at least 4 members (excludes halogenated alkanes) is 1. The summed E-state index contributed by atoms with van der Waals surface area (Å²) in [5.41, 5.74) is 7.49. The Kier molecular flexibility index (Phi) is 6.95. The van der Waals surface area contributed by atoms with E-state index in [1.165, 1.54) is 6.08 Å². The number of rotatable bonds is 9. The minimum atomic E-state index is -0.0739. The maximum atomic E-state index is 12.5. The van der Waals surface area contributed by atoms with Crippen LogP contribution in [0.15, 0.2) is 59.6 Å². The second-order valence-electron chi connectivity index (χ2n) is 5.57. The van der Waals surface area contributed by atoms with Crippen LogP contribution in [0.2, 0.25) is 0 Å². The lowest BCUT2D eigenvalue weighted by Crippen LogP contribution is -2.03. The van der Waals surface area contributed by atoms with Gasteiger partial charge in [-0.2, -0.15) is 0 Å². The SMILES string of the molecule is C=CC(=O)CCCCOc1ccc(C(=O)c2ccc(N)c(Br)c2)cc1. The highest BCUT2D eigenvalue weighted by molar-refractivity contribution is 9.10. The van der Waals surface area contributed by atoms with Gasteiger partial charge in [0.2, 0.25) is 0 Å². The van der Waals surface area contributed by atoms with Crippen molar-refractivity contribution in [3.8, 4) is 5.75 Å². The molecule has 2 aromatic rings. The highest BCUT2D eigenvalue weighted by Gasteiger charge is 2.10. The van der Waals surface area contributed by atoms with Gasteiger partial charge in [-0.25, -0.2) is 0 Å². The summed E-state index contributed by atoms with van der Waals surface area (Å²) in [6.07, 6.45) is 3.40. The van der Waals surface area contributed by atoms with Gasteiger partial charge in [0.15, 0.2) is 11.6 Å². The fourth-order valence-electron chi connectivity index (χ4n) is 2.23. The van der Waals surface area contributed by atoms with Gasteiger partial charge in [-0.15, -0.1) is 0 Å². The van der Waals surface area contributed by atoms with Gasteiger partial charge in [0.1, 0.15) is 5.75 Å². The van der Waals surface area contributed by atoms with Crippen LogP contribution in [0.25, 0.3) is 0 Å². The smallest absolute Gasteiger partial charge is 0.193 e. The summed E-state index contributed by atoms with van der Waals surface area (Å²) in [4.78, 5) is 23.6. The third-order valence-corrected chi connectivity index (χ3v) is 4.38. The molecule has 0 aromatic heterocycles. The quantitative estimate of drug-likeness (QED) is 0.289.